The fourth-order valence-corrected chi connectivity index (χ4v) is 3.04. The van der Waals surface area contributed by atoms with Crippen molar-refractivity contribution in [3.63, 3.8) is 0 Å². The highest BCUT2D eigenvalue weighted by molar-refractivity contribution is 7.13. The summed E-state index contributed by atoms with van der Waals surface area (Å²) in [5, 5.41) is 7.43. The first-order valence-corrected chi connectivity index (χ1v) is 7.13. The first-order valence-electron chi connectivity index (χ1n) is 5.49. The van der Waals surface area contributed by atoms with Gasteiger partial charge in [-0.25, -0.2) is 4.68 Å². The van der Waals surface area contributed by atoms with Crippen LogP contribution >= 0.6 is 34.5 Å². The lowest BCUT2D eigenvalue weighted by Crippen LogP contribution is -1.96. The number of thiophene rings is 1. The van der Waals surface area contributed by atoms with Crippen molar-refractivity contribution in [1.29, 1.82) is 0 Å². The lowest BCUT2D eigenvalue weighted by molar-refractivity contribution is 0.886. The third-order valence-corrected chi connectivity index (χ3v) is 4.13. The smallest absolute Gasteiger partial charge is 0.154 e. The van der Waals surface area contributed by atoms with Gasteiger partial charge in [0.2, 0.25) is 0 Å². The number of benzene rings is 1. The lowest BCUT2D eigenvalue weighted by Gasteiger charge is -2.03. The zero-order chi connectivity index (χ0) is 13.4. The molecule has 0 aliphatic heterocycles. The van der Waals surface area contributed by atoms with Gasteiger partial charge in [0, 0.05) is 16.1 Å². The van der Waals surface area contributed by atoms with Gasteiger partial charge in [0.05, 0.1) is 16.3 Å². The van der Waals surface area contributed by atoms with Crippen LogP contribution in [-0.4, -0.2) is 9.78 Å². The van der Waals surface area contributed by atoms with Crippen LogP contribution < -0.4 is 5.73 Å². The summed E-state index contributed by atoms with van der Waals surface area (Å²) >= 11 is 13.7. The van der Waals surface area contributed by atoms with Crippen molar-refractivity contribution in [1.82, 2.24) is 9.78 Å². The molecule has 0 saturated carbocycles. The highest BCUT2D eigenvalue weighted by Crippen LogP contribution is 2.31. The van der Waals surface area contributed by atoms with Crippen molar-refractivity contribution in [2.75, 3.05) is 5.73 Å². The van der Waals surface area contributed by atoms with Crippen LogP contribution in [0.5, 0.6) is 0 Å². The van der Waals surface area contributed by atoms with E-state index in [4.69, 9.17) is 28.9 Å². The molecule has 0 spiro atoms. The second kappa shape index (κ2) is 4.89. The van der Waals surface area contributed by atoms with E-state index in [9.17, 15) is 0 Å². The van der Waals surface area contributed by atoms with Crippen molar-refractivity contribution in [3.8, 4) is 16.1 Å². The normalized spacial score (nSPS) is 10.8. The Morgan fingerprint density at radius 3 is 2.74 bits per heavy atom. The van der Waals surface area contributed by atoms with E-state index in [2.05, 4.69) is 5.10 Å². The number of anilines is 1. The Bertz CT molecular complexity index is 720. The standard InChI is InChI=1S/C13H9Cl2N3S/c14-8-3-4-11(10(15)6-8)18-7-9(13(16)17-18)12-2-1-5-19-12/h1-7H,(H2,16,17). The van der Waals surface area contributed by atoms with Gasteiger partial charge in [-0.15, -0.1) is 16.4 Å². The molecule has 0 atom stereocenters. The number of nitrogen functional groups attached to an aromatic ring is 1. The molecule has 0 fully saturated rings. The number of hydrogen-bond acceptors (Lipinski definition) is 3. The minimum Gasteiger partial charge on any atom is -0.382 e. The number of halogens is 2. The lowest BCUT2D eigenvalue weighted by atomic mass is 10.2. The summed E-state index contributed by atoms with van der Waals surface area (Å²) in [6, 6.07) is 9.25. The first-order chi connectivity index (χ1) is 9.15. The molecule has 3 rings (SSSR count). The highest BCUT2D eigenvalue weighted by atomic mass is 35.5. The summed E-state index contributed by atoms with van der Waals surface area (Å²) in [5.74, 6) is 0.480. The fraction of sp³-hybridized carbons (Fsp3) is 0. The zero-order valence-electron chi connectivity index (χ0n) is 9.68. The van der Waals surface area contributed by atoms with Crippen molar-refractivity contribution in [2.24, 2.45) is 0 Å². The molecule has 0 bridgehead atoms. The van der Waals surface area contributed by atoms with E-state index in [1.807, 2.05) is 29.8 Å². The average molecular weight is 310 g/mol. The Morgan fingerprint density at radius 2 is 2.05 bits per heavy atom. The molecule has 0 amide bonds. The number of nitrogens with two attached hydrogens (primary N) is 1. The molecule has 3 aromatic rings. The topological polar surface area (TPSA) is 43.8 Å². The second-order valence-corrected chi connectivity index (χ2v) is 5.74. The van der Waals surface area contributed by atoms with Gasteiger partial charge >= 0.3 is 0 Å². The van der Waals surface area contributed by atoms with Crippen LogP contribution in [0.2, 0.25) is 10.0 Å². The van der Waals surface area contributed by atoms with E-state index in [1.54, 1.807) is 28.2 Å². The molecule has 19 heavy (non-hydrogen) atoms. The molecule has 2 heterocycles. The van der Waals surface area contributed by atoms with E-state index >= 15 is 0 Å². The van der Waals surface area contributed by atoms with Gasteiger partial charge in [-0.05, 0) is 29.6 Å². The summed E-state index contributed by atoms with van der Waals surface area (Å²) < 4.78 is 1.67. The van der Waals surface area contributed by atoms with E-state index in [0.717, 1.165) is 16.1 Å². The number of hydrogen-bond donors (Lipinski definition) is 1. The van der Waals surface area contributed by atoms with E-state index in [1.165, 1.54) is 0 Å². The molecule has 0 radical (unpaired) electrons. The van der Waals surface area contributed by atoms with Crippen LogP contribution in [-0.2, 0) is 0 Å². The van der Waals surface area contributed by atoms with E-state index in [0.29, 0.717) is 15.9 Å². The molecule has 6 heteroatoms. The molecule has 0 aliphatic rings. The molecule has 0 aliphatic carbocycles. The average Bonchev–Trinajstić information content (AvgIpc) is 2.98. The Hall–Kier alpha value is -1.49. The monoisotopic (exact) mass is 309 g/mol. The summed E-state index contributed by atoms with van der Waals surface area (Å²) in [4.78, 5) is 1.08. The van der Waals surface area contributed by atoms with E-state index < -0.39 is 0 Å². The first kappa shape index (κ1) is 12.5. The molecule has 96 valence electrons. The largest absolute Gasteiger partial charge is 0.382 e. The molecular formula is C13H9Cl2N3S. The minimum absolute atomic E-state index is 0.480. The molecular weight excluding hydrogens is 301 g/mol. The Kier molecular flexibility index (Phi) is 3.22. The van der Waals surface area contributed by atoms with Crippen molar-refractivity contribution < 1.29 is 0 Å². The van der Waals surface area contributed by atoms with Gasteiger partial charge in [-0.1, -0.05) is 29.3 Å². The molecule has 2 N–H and O–H groups in total. The fourth-order valence-electron chi connectivity index (χ4n) is 1.80. The maximum atomic E-state index is 6.17. The maximum absolute atomic E-state index is 6.17. The van der Waals surface area contributed by atoms with Gasteiger partial charge in [0.1, 0.15) is 0 Å². The number of nitrogens with zero attached hydrogens (tertiary/aromatic N) is 2. The predicted molar refractivity (Wildman–Crippen MR) is 81.3 cm³/mol. The van der Waals surface area contributed by atoms with Crippen molar-refractivity contribution in [3.05, 3.63) is 52.0 Å². The van der Waals surface area contributed by atoms with Gasteiger partial charge in [0.25, 0.3) is 0 Å². The Morgan fingerprint density at radius 1 is 1.21 bits per heavy atom. The van der Waals surface area contributed by atoms with Crippen LogP contribution in [0.4, 0.5) is 5.82 Å². The molecule has 2 aromatic heterocycles. The quantitative estimate of drug-likeness (QED) is 0.758. The third kappa shape index (κ3) is 2.34. The molecule has 0 saturated heterocycles. The molecule has 0 unspecified atom stereocenters. The molecule has 1 aromatic carbocycles. The minimum atomic E-state index is 0.480. The Labute approximate surface area is 124 Å². The molecule has 3 nitrogen and oxygen atoms in total. The number of aromatic nitrogens is 2. The SMILES string of the molecule is Nc1nn(-c2ccc(Cl)cc2Cl)cc1-c1cccs1. The third-order valence-electron chi connectivity index (χ3n) is 2.69. The van der Waals surface area contributed by atoms with Crippen LogP contribution in [0.1, 0.15) is 0 Å². The van der Waals surface area contributed by atoms with Crippen LogP contribution in [0.25, 0.3) is 16.1 Å². The Balaban J connectivity index is 2.10. The highest BCUT2D eigenvalue weighted by Gasteiger charge is 2.12. The summed E-state index contributed by atoms with van der Waals surface area (Å²) in [7, 11) is 0. The van der Waals surface area contributed by atoms with Crippen molar-refractivity contribution >= 4 is 40.4 Å². The van der Waals surface area contributed by atoms with E-state index in [-0.39, 0.29) is 0 Å². The van der Waals surface area contributed by atoms with Gasteiger partial charge in [-0.3, -0.25) is 0 Å². The second-order valence-electron chi connectivity index (χ2n) is 3.95. The van der Waals surface area contributed by atoms with Gasteiger partial charge < -0.3 is 5.73 Å². The van der Waals surface area contributed by atoms with Crippen LogP contribution in [0.3, 0.4) is 0 Å². The predicted octanol–water partition coefficient (Wildman–Crippen LogP) is 4.49. The van der Waals surface area contributed by atoms with Crippen LogP contribution in [0.15, 0.2) is 41.9 Å². The summed E-state index contributed by atoms with van der Waals surface area (Å²) in [6.45, 7) is 0. The van der Waals surface area contributed by atoms with Gasteiger partial charge in [-0.2, -0.15) is 0 Å². The number of rotatable bonds is 2. The van der Waals surface area contributed by atoms with Crippen LogP contribution in [0, 0.1) is 0 Å². The summed E-state index contributed by atoms with van der Waals surface area (Å²) in [5.41, 5.74) is 7.61. The summed E-state index contributed by atoms with van der Waals surface area (Å²) in [6.07, 6.45) is 1.87. The zero-order valence-corrected chi connectivity index (χ0v) is 12.0. The maximum Gasteiger partial charge on any atom is 0.154 e. The van der Waals surface area contributed by atoms with Crippen molar-refractivity contribution in [2.45, 2.75) is 0 Å². The van der Waals surface area contributed by atoms with Gasteiger partial charge in [0.15, 0.2) is 5.82 Å².